The fraction of sp³-hybridized carbons (Fsp3) is 0.750. The predicted octanol–water partition coefficient (Wildman–Crippen LogP) is 1.20. The van der Waals surface area contributed by atoms with Crippen molar-refractivity contribution < 1.29 is 14.1 Å². The molecule has 1 aromatic heterocycles. The van der Waals surface area contributed by atoms with Gasteiger partial charge in [-0.15, -0.1) is 0 Å². The molecule has 0 aliphatic carbocycles. The lowest BCUT2D eigenvalue weighted by atomic mass is 9.97. The number of hydrogen-bond donors (Lipinski definition) is 1. The van der Waals surface area contributed by atoms with Gasteiger partial charge in [-0.1, -0.05) is 19.0 Å². The van der Waals surface area contributed by atoms with Gasteiger partial charge in [-0.05, 0) is 12.8 Å². The molecule has 0 unspecified atom stereocenters. The average molecular weight is 337 g/mol. The summed E-state index contributed by atoms with van der Waals surface area (Å²) in [5.74, 6) is 2.35. The van der Waals surface area contributed by atoms with Crippen molar-refractivity contribution in [2.24, 2.45) is 10.9 Å². The number of aliphatic imine (C=N–C) groups is 1. The van der Waals surface area contributed by atoms with E-state index in [1.54, 1.807) is 7.05 Å². The minimum absolute atomic E-state index is 0.00259. The molecule has 0 spiro atoms. The number of esters is 1. The van der Waals surface area contributed by atoms with Crippen LogP contribution in [0, 0.1) is 5.92 Å². The maximum absolute atomic E-state index is 11.6. The van der Waals surface area contributed by atoms with E-state index in [2.05, 4.69) is 25.3 Å². The fourth-order valence-electron chi connectivity index (χ4n) is 2.71. The van der Waals surface area contributed by atoms with Crippen LogP contribution in [0.2, 0.25) is 0 Å². The quantitative estimate of drug-likeness (QED) is 0.490. The first-order valence-electron chi connectivity index (χ1n) is 8.41. The Morgan fingerprint density at radius 3 is 2.71 bits per heavy atom. The minimum Gasteiger partial charge on any atom is -0.469 e. The number of piperidine rings is 1. The average Bonchev–Trinajstić information content (AvgIpc) is 3.07. The first-order chi connectivity index (χ1) is 11.5. The maximum atomic E-state index is 11.6. The second-order valence-corrected chi connectivity index (χ2v) is 6.21. The lowest BCUT2D eigenvalue weighted by Gasteiger charge is -2.33. The zero-order chi connectivity index (χ0) is 17.5. The molecular weight excluding hydrogens is 310 g/mol. The second kappa shape index (κ2) is 8.65. The van der Waals surface area contributed by atoms with Crippen LogP contribution in [-0.4, -0.2) is 60.8 Å². The van der Waals surface area contributed by atoms with Crippen LogP contribution in [0.25, 0.3) is 0 Å². The SMILES string of the molecule is CN=C(NCCc1nc(C(C)C)no1)N1CCC(C(=O)OC)CC1. The molecule has 1 aliphatic rings. The molecule has 8 nitrogen and oxygen atoms in total. The Morgan fingerprint density at radius 2 is 2.17 bits per heavy atom. The summed E-state index contributed by atoms with van der Waals surface area (Å²) in [5.41, 5.74) is 0. The lowest BCUT2D eigenvalue weighted by Crippen LogP contribution is -2.47. The van der Waals surface area contributed by atoms with Crippen molar-refractivity contribution in [1.82, 2.24) is 20.4 Å². The highest BCUT2D eigenvalue weighted by atomic mass is 16.5. The van der Waals surface area contributed by atoms with Gasteiger partial charge in [-0.3, -0.25) is 9.79 Å². The summed E-state index contributed by atoms with van der Waals surface area (Å²) in [6.45, 7) is 6.32. The number of nitrogens with one attached hydrogen (secondary N) is 1. The van der Waals surface area contributed by atoms with Crippen LogP contribution in [0.5, 0.6) is 0 Å². The largest absolute Gasteiger partial charge is 0.469 e. The summed E-state index contributed by atoms with van der Waals surface area (Å²) in [5, 5.41) is 7.27. The van der Waals surface area contributed by atoms with Crippen LogP contribution in [0.4, 0.5) is 0 Å². The zero-order valence-corrected chi connectivity index (χ0v) is 14.9. The molecule has 1 fully saturated rings. The molecule has 2 rings (SSSR count). The maximum Gasteiger partial charge on any atom is 0.308 e. The molecule has 0 radical (unpaired) electrons. The molecule has 1 saturated heterocycles. The van der Waals surface area contributed by atoms with Crippen LogP contribution < -0.4 is 5.32 Å². The number of carbonyl (C=O) groups is 1. The van der Waals surface area contributed by atoms with E-state index in [9.17, 15) is 4.79 Å². The molecule has 134 valence electrons. The Hall–Kier alpha value is -2.12. The summed E-state index contributed by atoms with van der Waals surface area (Å²) in [6, 6.07) is 0. The standard InChI is InChI=1S/C16H27N5O3/c1-11(2)14-19-13(24-20-14)5-8-18-16(17-3)21-9-6-12(7-10-21)15(22)23-4/h11-12H,5-10H2,1-4H3,(H,17,18). The minimum atomic E-state index is -0.116. The highest BCUT2D eigenvalue weighted by molar-refractivity contribution is 5.80. The molecule has 0 saturated carbocycles. The molecule has 0 amide bonds. The molecule has 0 bridgehead atoms. The van der Waals surface area contributed by atoms with Gasteiger partial charge in [0, 0.05) is 39.0 Å². The van der Waals surface area contributed by atoms with E-state index in [-0.39, 0.29) is 17.8 Å². The highest BCUT2D eigenvalue weighted by Gasteiger charge is 2.26. The van der Waals surface area contributed by atoms with Crippen molar-refractivity contribution in [3.8, 4) is 0 Å². The van der Waals surface area contributed by atoms with Crippen molar-refractivity contribution in [2.75, 3.05) is 33.8 Å². The Balaban J connectivity index is 1.77. The summed E-state index contributed by atoms with van der Waals surface area (Å²) < 4.78 is 10.1. The molecule has 0 atom stereocenters. The first-order valence-corrected chi connectivity index (χ1v) is 8.41. The Morgan fingerprint density at radius 1 is 1.46 bits per heavy atom. The number of likely N-dealkylation sites (tertiary alicyclic amines) is 1. The second-order valence-electron chi connectivity index (χ2n) is 6.21. The van der Waals surface area contributed by atoms with Gasteiger partial charge in [-0.25, -0.2) is 0 Å². The molecule has 1 aromatic rings. The molecule has 2 heterocycles. The number of nitrogens with zero attached hydrogens (tertiary/aromatic N) is 4. The summed E-state index contributed by atoms with van der Waals surface area (Å²) in [7, 11) is 3.20. The third kappa shape index (κ3) is 4.69. The number of rotatable bonds is 5. The Labute approximate surface area is 142 Å². The van der Waals surface area contributed by atoms with Crippen molar-refractivity contribution in [3.05, 3.63) is 11.7 Å². The third-order valence-corrected chi connectivity index (χ3v) is 4.16. The van der Waals surface area contributed by atoms with Crippen LogP contribution in [0.3, 0.4) is 0 Å². The molecule has 0 aromatic carbocycles. The zero-order valence-electron chi connectivity index (χ0n) is 14.9. The molecular formula is C16H27N5O3. The number of hydrogen-bond acceptors (Lipinski definition) is 6. The van der Waals surface area contributed by atoms with E-state index in [0.29, 0.717) is 18.9 Å². The van der Waals surface area contributed by atoms with Crippen molar-refractivity contribution in [2.45, 2.75) is 39.0 Å². The smallest absolute Gasteiger partial charge is 0.308 e. The van der Waals surface area contributed by atoms with E-state index in [4.69, 9.17) is 9.26 Å². The molecule has 1 aliphatic heterocycles. The van der Waals surface area contributed by atoms with Crippen LogP contribution in [0.15, 0.2) is 9.52 Å². The van der Waals surface area contributed by atoms with E-state index >= 15 is 0 Å². The van der Waals surface area contributed by atoms with Crippen LogP contribution in [-0.2, 0) is 16.0 Å². The van der Waals surface area contributed by atoms with Gasteiger partial charge in [-0.2, -0.15) is 4.98 Å². The summed E-state index contributed by atoms with van der Waals surface area (Å²) in [6.07, 6.45) is 2.22. The number of aromatic nitrogens is 2. The van der Waals surface area contributed by atoms with Gasteiger partial charge in [0.15, 0.2) is 11.8 Å². The van der Waals surface area contributed by atoms with E-state index in [1.807, 2.05) is 13.8 Å². The van der Waals surface area contributed by atoms with E-state index < -0.39 is 0 Å². The van der Waals surface area contributed by atoms with Crippen LogP contribution in [0.1, 0.15) is 44.3 Å². The number of carbonyl (C=O) groups excluding carboxylic acids is 1. The van der Waals surface area contributed by atoms with Gasteiger partial charge < -0.3 is 19.5 Å². The van der Waals surface area contributed by atoms with E-state index in [1.165, 1.54) is 7.11 Å². The van der Waals surface area contributed by atoms with Crippen LogP contribution >= 0.6 is 0 Å². The van der Waals surface area contributed by atoms with Gasteiger partial charge in [0.2, 0.25) is 5.89 Å². The van der Waals surface area contributed by atoms with Crippen molar-refractivity contribution >= 4 is 11.9 Å². The number of methoxy groups -OCH3 is 1. The van der Waals surface area contributed by atoms with Gasteiger partial charge in [0.1, 0.15) is 0 Å². The number of guanidine groups is 1. The summed E-state index contributed by atoms with van der Waals surface area (Å²) in [4.78, 5) is 22.4. The highest BCUT2D eigenvalue weighted by Crippen LogP contribution is 2.18. The fourth-order valence-corrected chi connectivity index (χ4v) is 2.71. The van der Waals surface area contributed by atoms with E-state index in [0.717, 1.165) is 37.7 Å². The van der Waals surface area contributed by atoms with Crippen molar-refractivity contribution in [3.63, 3.8) is 0 Å². The number of ether oxygens (including phenoxy) is 1. The van der Waals surface area contributed by atoms with Gasteiger partial charge >= 0.3 is 5.97 Å². The van der Waals surface area contributed by atoms with Crippen molar-refractivity contribution in [1.29, 1.82) is 0 Å². The first kappa shape index (κ1) is 18.2. The Bertz CT molecular complexity index is 562. The van der Waals surface area contributed by atoms with Gasteiger partial charge in [0.05, 0.1) is 13.0 Å². The normalized spacial score (nSPS) is 16.5. The lowest BCUT2D eigenvalue weighted by molar-refractivity contribution is -0.146. The predicted molar refractivity (Wildman–Crippen MR) is 89.8 cm³/mol. The van der Waals surface area contributed by atoms with Gasteiger partial charge in [0.25, 0.3) is 0 Å². The summed E-state index contributed by atoms with van der Waals surface area (Å²) >= 11 is 0. The molecule has 1 N–H and O–H groups in total. The molecule has 8 heteroatoms. The third-order valence-electron chi connectivity index (χ3n) is 4.16. The monoisotopic (exact) mass is 337 g/mol. The topological polar surface area (TPSA) is 92.9 Å². The molecule has 24 heavy (non-hydrogen) atoms. The Kier molecular flexibility index (Phi) is 6.57.